The highest BCUT2D eigenvalue weighted by atomic mass is 19.4. The van der Waals surface area contributed by atoms with Crippen molar-refractivity contribution in [3.8, 4) is 12.3 Å². The van der Waals surface area contributed by atoms with Gasteiger partial charge in [0.2, 0.25) is 0 Å². The number of rotatable bonds is 4. The predicted octanol–water partition coefficient (Wildman–Crippen LogP) is 1.14. The molecule has 0 radical (unpaired) electrons. The topological polar surface area (TPSA) is 46.3 Å². The molecular formula is C10H15F3N2O. The molecule has 92 valence electrons. The van der Waals surface area contributed by atoms with Gasteiger partial charge in [-0.15, -0.1) is 6.42 Å². The van der Waals surface area contributed by atoms with E-state index in [1.54, 1.807) is 6.92 Å². The van der Waals surface area contributed by atoms with Gasteiger partial charge in [0.15, 0.2) is 5.54 Å². The second-order valence-corrected chi connectivity index (χ2v) is 3.63. The number of terminal acetylenes is 1. The number of nitrogens with two attached hydrogens (primary N) is 1. The number of hydrogen-bond acceptors (Lipinski definition) is 2. The first-order valence-corrected chi connectivity index (χ1v) is 4.77. The van der Waals surface area contributed by atoms with Crippen LogP contribution in [0.1, 0.15) is 20.3 Å². The summed E-state index contributed by atoms with van der Waals surface area (Å²) in [6.07, 6.45) is 0.712. The second-order valence-electron chi connectivity index (χ2n) is 3.63. The van der Waals surface area contributed by atoms with Gasteiger partial charge in [0, 0.05) is 6.54 Å². The van der Waals surface area contributed by atoms with Crippen LogP contribution in [0.5, 0.6) is 0 Å². The van der Waals surface area contributed by atoms with E-state index >= 15 is 0 Å². The van der Waals surface area contributed by atoms with Gasteiger partial charge in [-0.2, -0.15) is 13.2 Å². The fourth-order valence-electron chi connectivity index (χ4n) is 1.08. The minimum Gasteiger partial charge on any atom is -0.330 e. The van der Waals surface area contributed by atoms with Crippen molar-refractivity contribution in [2.45, 2.75) is 32.0 Å². The third kappa shape index (κ3) is 3.14. The first kappa shape index (κ1) is 14.8. The summed E-state index contributed by atoms with van der Waals surface area (Å²) < 4.78 is 37.5. The van der Waals surface area contributed by atoms with Crippen molar-refractivity contribution in [1.29, 1.82) is 0 Å². The first-order chi connectivity index (χ1) is 7.18. The first-order valence-electron chi connectivity index (χ1n) is 4.77. The largest absolute Gasteiger partial charge is 0.415 e. The molecule has 0 saturated carbocycles. The number of alkyl halides is 3. The van der Waals surface area contributed by atoms with Crippen molar-refractivity contribution in [2.24, 2.45) is 5.73 Å². The highest BCUT2D eigenvalue weighted by molar-refractivity contribution is 5.86. The van der Waals surface area contributed by atoms with Crippen molar-refractivity contribution in [2.75, 3.05) is 13.1 Å². The lowest BCUT2D eigenvalue weighted by molar-refractivity contribution is -0.193. The Morgan fingerprint density at radius 3 is 2.31 bits per heavy atom. The summed E-state index contributed by atoms with van der Waals surface area (Å²) in [5.41, 5.74) is 2.12. The Morgan fingerprint density at radius 1 is 1.50 bits per heavy atom. The molecule has 1 unspecified atom stereocenters. The molecule has 0 fully saturated rings. The van der Waals surface area contributed by atoms with E-state index in [-0.39, 0.29) is 13.1 Å². The van der Waals surface area contributed by atoms with Gasteiger partial charge in [-0.1, -0.05) is 12.8 Å². The van der Waals surface area contributed by atoms with Crippen LogP contribution in [0.15, 0.2) is 0 Å². The fraction of sp³-hybridized carbons (Fsp3) is 0.700. The molecule has 0 aliphatic heterocycles. The Morgan fingerprint density at radius 2 is 2.00 bits per heavy atom. The Balaban J connectivity index is 4.94. The van der Waals surface area contributed by atoms with E-state index < -0.39 is 17.6 Å². The summed E-state index contributed by atoms with van der Waals surface area (Å²) in [4.78, 5) is 12.5. The van der Waals surface area contributed by atoms with Crippen molar-refractivity contribution < 1.29 is 18.0 Å². The van der Waals surface area contributed by atoms with Crippen LogP contribution >= 0.6 is 0 Å². The molecule has 16 heavy (non-hydrogen) atoms. The van der Waals surface area contributed by atoms with Crippen LogP contribution in [0.3, 0.4) is 0 Å². The standard InChI is InChI=1S/C10H15F3N2O/c1-4-6-15(7-5-2)8(16)9(3,14)10(11,12)13/h1H,5-7,14H2,2-3H3. The van der Waals surface area contributed by atoms with Gasteiger partial charge in [0.05, 0.1) is 6.54 Å². The van der Waals surface area contributed by atoms with Crippen molar-refractivity contribution >= 4 is 5.91 Å². The smallest absolute Gasteiger partial charge is 0.330 e. The van der Waals surface area contributed by atoms with E-state index in [9.17, 15) is 18.0 Å². The average molecular weight is 236 g/mol. The highest BCUT2D eigenvalue weighted by Gasteiger charge is 2.55. The SMILES string of the molecule is C#CCN(CCC)C(=O)C(C)(N)C(F)(F)F. The molecule has 1 atom stereocenters. The van der Waals surface area contributed by atoms with Crippen molar-refractivity contribution in [3.63, 3.8) is 0 Å². The van der Waals surface area contributed by atoms with Crippen LogP contribution in [-0.2, 0) is 4.79 Å². The van der Waals surface area contributed by atoms with E-state index in [1.165, 1.54) is 0 Å². The number of nitrogens with zero attached hydrogens (tertiary/aromatic N) is 1. The maximum absolute atomic E-state index is 12.5. The summed E-state index contributed by atoms with van der Waals surface area (Å²) in [6.45, 7) is 2.37. The number of halogens is 3. The summed E-state index contributed by atoms with van der Waals surface area (Å²) >= 11 is 0. The molecule has 0 aromatic carbocycles. The van der Waals surface area contributed by atoms with Crippen molar-refractivity contribution in [3.05, 3.63) is 0 Å². The summed E-state index contributed by atoms with van der Waals surface area (Å²) in [5, 5.41) is 0. The third-order valence-corrected chi connectivity index (χ3v) is 2.10. The average Bonchev–Trinajstić information content (AvgIpc) is 2.14. The molecule has 0 aliphatic carbocycles. The number of carbonyl (C=O) groups excluding carboxylic acids is 1. The van der Waals surface area contributed by atoms with Gasteiger partial charge < -0.3 is 10.6 Å². The monoisotopic (exact) mass is 236 g/mol. The van der Waals surface area contributed by atoms with E-state index in [4.69, 9.17) is 12.2 Å². The van der Waals surface area contributed by atoms with Gasteiger partial charge in [0.25, 0.3) is 5.91 Å². The Hall–Kier alpha value is -1.22. The molecule has 0 bridgehead atoms. The summed E-state index contributed by atoms with van der Waals surface area (Å²) in [7, 11) is 0. The summed E-state index contributed by atoms with van der Waals surface area (Å²) in [5.74, 6) is 0.945. The quantitative estimate of drug-likeness (QED) is 0.744. The molecule has 0 rings (SSSR count). The Labute approximate surface area is 92.8 Å². The van der Waals surface area contributed by atoms with Gasteiger partial charge >= 0.3 is 6.18 Å². The lowest BCUT2D eigenvalue weighted by Crippen LogP contribution is -2.62. The molecule has 1 amide bonds. The van der Waals surface area contributed by atoms with Crippen LogP contribution in [0, 0.1) is 12.3 Å². The minimum atomic E-state index is -4.79. The molecule has 6 heteroatoms. The fourth-order valence-corrected chi connectivity index (χ4v) is 1.08. The highest BCUT2D eigenvalue weighted by Crippen LogP contribution is 2.29. The molecule has 2 N–H and O–H groups in total. The van der Waals surface area contributed by atoms with Crippen molar-refractivity contribution in [1.82, 2.24) is 4.90 Å². The Bertz CT molecular complexity index is 291. The molecule has 0 aliphatic rings. The van der Waals surface area contributed by atoms with E-state index in [2.05, 4.69) is 5.92 Å². The van der Waals surface area contributed by atoms with E-state index in [0.29, 0.717) is 13.3 Å². The zero-order valence-corrected chi connectivity index (χ0v) is 9.27. The third-order valence-electron chi connectivity index (χ3n) is 2.10. The zero-order valence-electron chi connectivity index (χ0n) is 9.27. The normalized spacial score (nSPS) is 15.1. The number of carbonyl (C=O) groups is 1. The zero-order chi connectivity index (χ0) is 13.0. The molecule has 0 aromatic heterocycles. The minimum absolute atomic E-state index is 0.159. The molecule has 0 aromatic rings. The van der Waals surface area contributed by atoms with Gasteiger partial charge in [-0.25, -0.2) is 0 Å². The van der Waals surface area contributed by atoms with Crippen LogP contribution in [-0.4, -0.2) is 35.6 Å². The molecule has 0 spiro atoms. The second kappa shape index (κ2) is 5.21. The van der Waals surface area contributed by atoms with E-state index in [1.807, 2.05) is 0 Å². The maximum atomic E-state index is 12.5. The lowest BCUT2D eigenvalue weighted by atomic mass is 10.0. The number of amides is 1. The molecule has 0 heterocycles. The van der Waals surface area contributed by atoms with Crippen LogP contribution in [0.2, 0.25) is 0 Å². The van der Waals surface area contributed by atoms with Gasteiger partial charge in [0.1, 0.15) is 0 Å². The lowest BCUT2D eigenvalue weighted by Gasteiger charge is -2.31. The maximum Gasteiger partial charge on any atom is 0.415 e. The van der Waals surface area contributed by atoms with Crippen LogP contribution in [0.25, 0.3) is 0 Å². The number of hydrogen-bond donors (Lipinski definition) is 1. The van der Waals surface area contributed by atoms with E-state index in [0.717, 1.165) is 4.90 Å². The van der Waals surface area contributed by atoms with Crippen LogP contribution < -0.4 is 5.73 Å². The predicted molar refractivity (Wildman–Crippen MR) is 54.4 cm³/mol. The summed E-state index contributed by atoms with van der Waals surface area (Å²) in [6, 6.07) is 0. The Kier molecular flexibility index (Phi) is 4.81. The van der Waals surface area contributed by atoms with Crippen LogP contribution in [0.4, 0.5) is 13.2 Å². The molecule has 3 nitrogen and oxygen atoms in total. The van der Waals surface area contributed by atoms with Gasteiger partial charge in [-0.3, -0.25) is 4.79 Å². The molecule has 0 saturated heterocycles. The van der Waals surface area contributed by atoms with Gasteiger partial charge in [-0.05, 0) is 13.3 Å². The molecular weight excluding hydrogens is 221 g/mol.